The Labute approximate surface area is 195 Å². The van der Waals surface area contributed by atoms with Crippen LogP contribution < -0.4 is 10.6 Å². The van der Waals surface area contributed by atoms with Crippen molar-refractivity contribution in [2.75, 3.05) is 19.6 Å². The predicted molar refractivity (Wildman–Crippen MR) is 126 cm³/mol. The van der Waals surface area contributed by atoms with Crippen LogP contribution in [0.4, 0.5) is 0 Å². The maximum absolute atomic E-state index is 12.7. The molecule has 0 bridgehead atoms. The molecule has 2 atom stereocenters. The van der Waals surface area contributed by atoms with Gasteiger partial charge in [-0.05, 0) is 75.2 Å². The Kier molecular flexibility index (Phi) is 7.54. The van der Waals surface area contributed by atoms with Crippen molar-refractivity contribution in [2.45, 2.75) is 63.8 Å². The number of allylic oxidation sites excluding steroid dienone is 7. The Morgan fingerprint density at radius 2 is 1.91 bits per heavy atom. The minimum Gasteiger partial charge on any atom is -0.512 e. The Bertz CT molecular complexity index is 936. The molecule has 7 nitrogen and oxygen atoms in total. The number of nitrogens with zero attached hydrogens (tertiary/aromatic N) is 2. The van der Waals surface area contributed by atoms with Gasteiger partial charge in [-0.25, -0.2) is 0 Å². The Morgan fingerprint density at radius 1 is 1.06 bits per heavy atom. The number of carbonyl (C=O) groups excluding carboxylic acids is 2. The quantitative estimate of drug-likeness (QED) is 0.467. The molecule has 7 heteroatoms. The molecule has 1 heterocycles. The third-order valence-electron chi connectivity index (χ3n) is 7.08. The summed E-state index contributed by atoms with van der Waals surface area (Å²) < 4.78 is 0. The van der Waals surface area contributed by atoms with Crippen molar-refractivity contribution in [2.24, 2.45) is 11.8 Å². The van der Waals surface area contributed by atoms with Crippen LogP contribution in [0.25, 0.3) is 0 Å². The Hall–Kier alpha value is -3.01. The molecular weight excluding hydrogens is 416 g/mol. The van der Waals surface area contributed by atoms with Crippen molar-refractivity contribution in [3.05, 3.63) is 46.9 Å². The smallest absolute Gasteiger partial charge is 0.224 e. The molecule has 4 rings (SSSR count). The van der Waals surface area contributed by atoms with Crippen LogP contribution in [-0.4, -0.2) is 47.5 Å². The van der Waals surface area contributed by atoms with Crippen molar-refractivity contribution in [1.29, 1.82) is 5.26 Å². The number of rotatable bonds is 9. The van der Waals surface area contributed by atoms with Crippen LogP contribution in [0.5, 0.6) is 0 Å². The molecule has 2 amide bonds. The lowest BCUT2D eigenvalue weighted by Gasteiger charge is -2.24. The highest BCUT2D eigenvalue weighted by atomic mass is 16.3. The van der Waals surface area contributed by atoms with E-state index in [4.69, 9.17) is 5.26 Å². The summed E-state index contributed by atoms with van der Waals surface area (Å²) in [6, 6.07) is 2.18. The summed E-state index contributed by atoms with van der Waals surface area (Å²) in [5.74, 6) is 0.766. The zero-order chi connectivity index (χ0) is 23.2. The average Bonchev–Trinajstić information content (AvgIpc) is 3.58. The summed E-state index contributed by atoms with van der Waals surface area (Å²) in [7, 11) is 0. The Morgan fingerprint density at radius 3 is 2.58 bits per heavy atom. The topological polar surface area (TPSA) is 105 Å². The summed E-state index contributed by atoms with van der Waals surface area (Å²) >= 11 is 0. The van der Waals surface area contributed by atoms with Gasteiger partial charge in [-0.15, -0.1) is 0 Å². The van der Waals surface area contributed by atoms with Gasteiger partial charge in [0.2, 0.25) is 11.8 Å². The first-order valence-corrected chi connectivity index (χ1v) is 12.2. The van der Waals surface area contributed by atoms with Crippen LogP contribution >= 0.6 is 0 Å². The number of aliphatic hydroxyl groups is 1. The second-order valence-corrected chi connectivity index (χ2v) is 9.56. The number of amides is 2. The fourth-order valence-corrected chi connectivity index (χ4v) is 4.80. The van der Waals surface area contributed by atoms with E-state index in [9.17, 15) is 14.7 Å². The third kappa shape index (κ3) is 6.28. The standard InChI is InChI=1S/C26H34N4O3/c27-16-18-3-9-22(10-4-18)30-15-13-21(17-30)25(32)28-14-1-2-24(29-26(33)20-5-6-20)19-7-11-23(31)12-8-19/h3,7,9,11,20-21,24,31H,1-2,4-6,8,10,12-15,17H2,(H,28,32)(H,29,33)/t21?,24-/m0/s1. The molecule has 0 spiro atoms. The van der Waals surface area contributed by atoms with E-state index in [1.165, 1.54) is 5.70 Å². The summed E-state index contributed by atoms with van der Waals surface area (Å²) in [6.07, 6.45) is 14.9. The SMILES string of the molecule is N#CC1=CC=C(N2CCC(C(=O)NCCC[C@H](NC(=O)C3CC3)C3=CC=C(O)CC3)C2)CC1. The number of aliphatic hydroxyl groups excluding tert-OH is 1. The van der Waals surface area contributed by atoms with Crippen molar-refractivity contribution in [3.63, 3.8) is 0 Å². The molecule has 3 aliphatic carbocycles. The predicted octanol–water partition coefficient (Wildman–Crippen LogP) is 3.39. The van der Waals surface area contributed by atoms with Crippen molar-refractivity contribution in [3.8, 4) is 6.07 Å². The van der Waals surface area contributed by atoms with Gasteiger partial charge >= 0.3 is 0 Å². The zero-order valence-electron chi connectivity index (χ0n) is 19.2. The molecule has 0 aromatic rings. The molecular formula is C26H34N4O3. The van der Waals surface area contributed by atoms with E-state index in [2.05, 4.69) is 21.6 Å². The van der Waals surface area contributed by atoms with E-state index >= 15 is 0 Å². The molecule has 3 N–H and O–H groups in total. The number of likely N-dealkylation sites (tertiary alicyclic amines) is 1. The van der Waals surface area contributed by atoms with Crippen LogP contribution in [0.2, 0.25) is 0 Å². The van der Waals surface area contributed by atoms with Gasteiger partial charge < -0.3 is 20.6 Å². The second kappa shape index (κ2) is 10.7. The minimum atomic E-state index is -0.0362. The van der Waals surface area contributed by atoms with Crippen LogP contribution in [0.15, 0.2) is 46.9 Å². The van der Waals surface area contributed by atoms with E-state index in [0.29, 0.717) is 18.7 Å². The minimum absolute atomic E-state index is 0.00762. The summed E-state index contributed by atoms with van der Waals surface area (Å²) in [6.45, 7) is 2.20. The van der Waals surface area contributed by atoms with Gasteiger partial charge in [-0.1, -0.05) is 6.08 Å². The molecule has 1 saturated carbocycles. The highest BCUT2D eigenvalue weighted by molar-refractivity contribution is 5.81. The first kappa shape index (κ1) is 23.2. The lowest BCUT2D eigenvalue weighted by molar-refractivity contribution is -0.125. The van der Waals surface area contributed by atoms with Gasteiger partial charge in [0.15, 0.2) is 0 Å². The zero-order valence-corrected chi connectivity index (χ0v) is 19.2. The van der Waals surface area contributed by atoms with Crippen molar-refractivity contribution < 1.29 is 14.7 Å². The highest BCUT2D eigenvalue weighted by Crippen LogP contribution is 2.30. The Balaban J connectivity index is 1.22. The van der Waals surface area contributed by atoms with Gasteiger partial charge in [0.05, 0.1) is 23.8 Å². The van der Waals surface area contributed by atoms with Gasteiger partial charge in [0.25, 0.3) is 0 Å². The molecule has 0 aromatic carbocycles. The summed E-state index contributed by atoms with van der Waals surface area (Å²) in [5.41, 5.74) is 3.18. The highest BCUT2D eigenvalue weighted by Gasteiger charge is 2.32. The average molecular weight is 451 g/mol. The molecule has 2 fully saturated rings. The fraction of sp³-hybridized carbons (Fsp3) is 0.577. The number of hydrogen-bond donors (Lipinski definition) is 3. The molecule has 1 aliphatic heterocycles. The fourth-order valence-electron chi connectivity index (χ4n) is 4.80. The number of carbonyl (C=O) groups is 2. The molecule has 0 aromatic heterocycles. The van der Waals surface area contributed by atoms with E-state index in [0.717, 1.165) is 75.6 Å². The number of hydrogen-bond acceptors (Lipinski definition) is 5. The largest absolute Gasteiger partial charge is 0.512 e. The normalized spacial score (nSPS) is 23.5. The lowest BCUT2D eigenvalue weighted by atomic mass is 9.93. The first-order chi connectivity index (χ1) is 16.0. The lowest BCUT2D eigenvalue weighted by Crippen LogP contribution is -2.39. The van der Waals surface area contributed by atoms with E-state index in [-0.39, 0.29) is 29.7 Å². The van der Waals surface area contributed by atoms with Crippen LogP contribution in [-0.2, 0) is 9.59 Å². The van der Waals surface area contributed by atoms with Gasteiger partial charge in [-0.2, -0.15) is 5.26 Å². The van der Waals surface area contributed by atoms with Gasteiger partial charge in [-0.3, -0.25) is 9.59 Å². The molecule has 1 saturated heterocycles. The second-order valence-electron chi connectivity index (χ2n) is 9.56. The van der Waals surface area contributed by atoms with E-state index < -0.39 is 0 Å². The molecule has 0 radical (unpaired) electrons. The monoisotopic (exact) mass is 450 g/mol. The molecule has 33 heavy (non-hydrogen) atoms. The van der Waals surface area contributed by atoms with Crippen LogP contribution in [0, 0.1) is 23.2 Å². The first-order valence-electron chi connectivity index (χ1n) is 12.2. The van der Waals surface area contributed by atoms with Crippen LogP contribution in [0.1, 0.15) is 57.8 Å². The van der Waals surface area contributed by atoms with E-state index in [1.54, 1.807) is 6.08 Å². The summed E-state index contributed by atoms with van der Waals surface area (Å²) in [5, 5.41) is 24.9. The van der Waals surface area contributed by atoms with E-state index in [1.807, 2.05) is 18.2 Å². The van der Waals surface area contributed by atoms with Crippen LogP contribution in [0.3, 0.4) is 0 Å². The molecule has 1 unspecified atom stereocenters. The van der Waals surface area contributed by atoms with Gasteiger partial charge in [0, 0.05) is 43.2 Å². The maximum atomic E-state index is 12.7. The molecule has 176 valence electrons. The van der Waals surface area contributed by atoms with Crippen molar-refractivity contribution >= 4 is 11.8 Å². The summed E-state index contributed by atoms with van der Waals surface area (Å²) in [4.78, 5) is 27.3. The molecule has 4 aliphatic rings. The van der Waals surface area contributed by atoms with Gasteiger partial charge in [0.1, 0.15) is 0 Å². The van der Waals surface area contributed by atoms with Crippen molar-refractivity contribution in [1.82, 2.24) is 15.5 Å². The third-order valence-corrected chi connectivity index (χ3v) is 7.08. The number of nitriles is 1. The maximum Gasteiger partial charge on any atom is 0.224 e. The number of nitrogens with one attached hydrogen (secondary N) is 2.